The molecule has 2 N–H and O–H groups in total. The Labute approximate surface area is 72.3 Å². The van der Waals surface area contributed by atoms with Gasteiger partial charge in [-0.25, -0.2) is 0 Å². The Morgan fingerprint density at radius 2 is 2.33 bits per heavy atom. The third-order valence-corrected chi connectivity index (χ3v) is 2.91. The molecule has 0 aromatic carbocycles. The molecule has 12 heavy (non-hydrogen) atoms. The molecule has 2 atom stereocenters. The number of nitrogens with two attached hydrogens (primary N) is 1. The quantitative estimate of drug-likeness (QED) is 0.632. The van der Waals surface area contributed by atoms with Gasteiger partial charge in [0, 0.05) is 0 Å². The molecule has 0 aromatic rings. The first-order chi connectivity index (χ1) is 5.68. The molecule has 0 heterocycles. The fourth-order valence-electron chi connectivity index (χ4n) is 1.89. The summed E-state index contributed by atoms with van der Waals surface area (Å²) in [5.41, 5.74) is 5.29. The van der Waals surface area contributed by atoms with E-state index in [-0.39, 0.29) is 5.97 Å². The van der Waals surface area contributed by atoms with Crippen molar-refractivity contribution in [2.24, 2.45) is 17.6 Å². The van der Waals surface area contributed by atoms with Crippen LogP contribution in [0.3, 0.4) is 0 Å². The van der Waals surface area contributed by atoms with E-state index in [1.165, 1.54) is 12.8 Å². The molecule has 0 aliphatic heterocycles. The Hall–Kier alpha value is -0.570. The highest BCUT2D eigenvalue weighted by atomic mass is 16.5. The Kier molecular flexibility index (Phi) is 1.65. The van der Waals surface area contributed by atoms with E-state index < -0.39 is 5.54 Å². The number of rotatable bonds is 3. The zero-order valence-electron chi connectivity index (χ0n) is 7.38. The first-order valence-electron chi connectivity index (χ1n) is 4.64. The molecule has 0 amide bonds. The van der Waals surface area contributed by atoms with E-state index in [4.69, 9.17) is 10.5 Å². The van der Waals surface area contributed by atoms with Crippen LogP contribution in [0.2, 0.25) is 0 Å². The maximum atomic E-state index is 11.3. The van der Waals surface area contributed by atoms with Crippen molar-refractivity contribution in [2.75, 3.05) is 6.61 Å². The van der Waals surface area contributed by atoms with Crippen molar-refractivity contribution in [3.05, 3.63) is 0 Å². The van der Waals surface area contributed by atoms with E-state index in [1.54, 1.807) is 0 Å². The Morgan fingerprint density at radius 3 is 2.83 bits per heavy atom. The minimum absolute atomic E-state index is 0.193. The molecular weight excluding hydrogens is 154 g/mol. The van der Waals surface area contributed by atoms with Crippen molar-refractivity contribution in [2.45, 2.75) is 31.7 Å². The minimum Gasteiger partial charge on any atom is -0.465 e. The van der Waals surface area contributed by atoms with Gasteiger partial charge in [-0.15, -0.1) is 0 Å². The Balaban J connectivity index is 1.91. The van der Waals surface area contributed by atoms with Crippen LogP contribution in [0.5, 0.6) is 0 Å². The van der Waals surface area contributed by atoms with Gasteiger partial charge in [-0.2, -0.15) is 0 Å². The van der Waals surface area contributed by atoms with Crippen LogP contribution in [0.4, 0.5) is 0 Å². The van der Waals surface area contributed by atoms with Crippen LogP contribution in [0.1, 0.15) is 26.2 Å². The van der Waals surface area contributed by atoms with Crippen molar-refractivity contribution in [3.8, 4) is 0 Å². The van der Waals surface area contributed by atoms with Crippen LogP contribution < -0.4 is 5.73 Å². The molecule has 0 spiro atoms. The molecule has 0 saturated heterocycles. The molecule has 2 rings (SSSR count). The molecule has 3 heteroatoms. The van der Waals surface area contributed by atoms with Crippen LogP contribution in [0.25, 0.3) is 0 Å². The van der Waals surface area contributed by atoms with Gasteiger partial charge in [-0.1, -0.05) is 0 Å². The van der Waals surface area contributed by atoms with Crippen LogP contribution >= 0.6 is 0 Å². The highest BCUT2D eigenvalue weighted by molar-refractivity contribution is 5.85. The molecule has 0 aromatic heterocycles. The third kappa shape index (κ3) is 1.12. The van der Waals surface area contributed by atoms with E-state index in [0.717, 1.165) is 12.3 Å². The molecular formula is C9H15NO2. The Bertz CT molecular complexity index is 213. The normalized spacial score (nSPS) is 39.3. The molecule has 3 nitrogen and oxygen atoms in total. The number of esters is 1. The summed E-state index contributed by atoms with van der Waals surface area (Å²) in [4.78, 5) is 11.3. The lowest BCUT2D eigenvalue weighted by molar-refractivity contribution is -0.146. The smallest absolute Gasteiger partial charge is 0.326 e. The van der Waals surface area contributed by atoms with Gasteiger partial charge in [0.15, 0.2) is 0 Å². The van der Waals surface area contributed by atoms with Crippen molar-refractivity contribution >= 4 is 5.97 Å². The monoisotopic (exact) mass is 169 g/mol. The second kappa shape index (κ2) is 2.46. The summed E-state index contributed by atoms with van der Waals surface area (Å²) in [7, 11) is 0. The minimum atomic E-state index is -0.600. The summed E-state index contributed by atoms with van der Waals surface area (Å²) >= 11 is 0. The second-order valence-corrected chi connectivity index (χ2v) is 3.91. The molecule has 2 saturated carbocycles. The van der Waals surface area contributed by atoms with Gasteiger partial charge in [0.05, 0.1) is 6.61 Å². The predicted octanol–water partition coefficient (Wildman–Crippen LogP) is 0.677. The largest absolute Gasteiger partial charge is 0.465 e. The van der Waals surface area contributed by atoms with E-state index in [9.17, 15) is 4.79 Å². The van der Waals surface area contributed by atoms with E-state index >= 15 is 0 Å². The van der Waals surface area contributed by atoms with Gasteiger partial charge in [-0.3, -0.25) is 4.79 Å². The van der Waals surface area contributed by atoms with Gasteiger partial charge < -0.3 is 10.5 Å². The topological polar surface area (TPSA) is 52.3 Å². The summed E-state index contributed by atoms with van der Waals surface area (Å²) < 4.78 is 4.91. The summed E-state index contributed by atoms with van der Waals surface area (Å²) in [6.07, 6.45) is 3.35. The average molecular weight is 169 g/mol. The maximum Gasteiger partial charge on any atom is 0.326 e. The van der Waals surface area contributed by atoms with Crippen LogP contribution in [0.15, 0.2) is 0 Å². The number of carbonyl (C=O) groups is 1. The highest BCUT2D eigenvalue weighted by Crippen LogP contribution is 2.56. The highest BCUT2D eigenvalue weighted by Gasteiger charge is 2.63. The lowest BCUT2D eigenvalue weighted by atomic mass is 10.1. The number of hydrogen-bond donors (Lipinski definition) is 1. The Morgan fingerprint density at radius 1 is 1.67 bits per heavy atom. The van der Waals surface area contributed by atoms with Gasteiger partial charge in [0.25, 0.3) is 0 Å². The van der Waals surface area contributed by atoms with Crippen LogP contribution in [0, 0.1) is 11.8 Å². The number of hydrogen-bond acceptors (Lipinski definition) is 3. The maximum absolute atomic E-state index is 11.3. The zero-order valence-corrected chi connectivity index (χ0v) is 7.38. The summed E-state index contributed by atoms with van der Waals surface area (Å²) in [6, 6.07) is 0. The fraction of sp³-hybridized carbons (Fsp3) is 0.889. The molecule has 0 radical (unpaired) electrons. The van der Waals surface area contributed by atoms with Crippen LogP contribution in [-0.2, 0) is 9.53 Å². The van der Waals surface area contributed by atoms with Gasteiger partial charge >= 0.3 is 5.97 Å². The first-order valence-corrected chi connectivity index (χ1v) is 4.64. The van der Waals surface area contributed by atoms with Gasteiger partial charge in [0.1, 0.15) is 5.54 Å². The van der Waals surface area contributed by atoms with Gasteiger partial charge in [-0.05, 0) is 38.0 Å². The van der Waals surface area contributed by atoms with Crippen molar-refractivity contribution in [1.82, 2.24) is 0 Å². The van der Waals surface area contributed by atoms with Crippen molar-refractivity contribution < 1.29 is 9.53 Å². The number of carbonyl (C=O) groups excluding carboxylic acids is 1. The molecule has 68 valence electrons. The first kappa shape index (κ1) is 8.05. The molecule has 0 unspecified atom stereocenters. The second-order valence-electron chi connectivity index (χ2n) is 3.91. The standard InChI is InChI=1S/C9H15NO2/c1-2-12-8(11)9(10)5-7(9)6-3-4-6/h6-7H,2-5,10H2,1H3/t7-,9+/m1/s1. The van der Waals surface area contributed by atoms with Crippen LogP contribution in [-0.4, -0.2) is 18.1 Å². The van der Waals surface area contributed by atoms with E-state index in [0.29, 0.717) is 12.5 Å². The fourth-order valence-corrected chi connectivity index (χ4v) is 1.89. The summed E-state index contributed by atoms with van der Waals surface area (Å²) in [5, 5.41) is 0. The lowest BCUT2D eigenvalue weighted by Gasteiger charge is -2.09. The third-order valence-electron chi connectivity index (χ3n) is 2.91. The summed E-state index contributed by atoms with van der Waals surface area (Å²) in [5.74, 6) is 0.956. The number of ether oxygens (including phenoxy) is 1. The summed E-state index contributed by atoms with van der Waals surface area (Å²) in [6.45, 7) is 2.25. The SMILES string of the molecule is CCOC(=O)[C@]1(N)C[C@@H]1C1CC1. The van der Waals surface area contributed by atoms with Crippen molar-refractivity contribution in [1.29, 1.82) is 0 Å². The average Bonchev–Trinajstić information content (AvgIpc) is 2.81. The zero-order chi connectivity index (χ0) is 8.77. The van der Waals surface area contributed by atoms with Gasteiger partial charge in [0.2, 0.25) is 0 Å². The molecule has 0 bridgehead atoms. The van der Waals surface area contributed by atoms with E-state index in [1.807, 2.05) is 6.92 Å². The molecule has 2 aliphatic carbocycles. The predicted molar refractivity (Wildman–Crippen MR) is 44.4 cm³/mol. The molecule has 2 fully saturated rings. The van der Waals surface area contributed by atoms with Crippen molar-refractivity contribution in [3.63, 3.8) is 0 Å². The molecule has 2 aliphatic rings. The van der Waals surface area contributed by atoms with E-state index in [2.05, 4.69) is 0 Å². The lowest BCUT2D eigenvalue weighted by Crippen LogP contribution is -2.37.